The van der Waals surface area contributed by atoms with Crippen LogP contribution in [0.4, 0.5) is 10.1 Å². The summed E-state index contributed by atoms with van der Waals surface area (Å²) in [6.45, 7) is 0. The summed E-state index contributed by atoms with van der Waals surface area (Å²) < 4.78 is 12.7. The minimum atomic E-state index is -0.414. The topological polar surface area (TPSA) is 12.0 Å². The molecule has 56 valence electrons. The molecule has 1 aromatic rings. The normalized spacial score (nSPS) is 8.82. The number of hydrogen-bond donors (Lipinski definition) is 1. The van der Waals surface area contributed by atoms with Crippen molar-refractivity contribution >= 4 is 17.5 Å². The molecule has 0 unspecified atom stereocenters. The lowest BCUT2D eigenvalue weighted by atomic mass is 10.2. The molecule has 0 saturated carbocycles. The molecule has 3 heteroatoms. The van der Waals surface area contributed by atoms with Gasteiger partial charge in [-0.15, -0.1) is 6.42 Å². The van der Waals surface area contributed by atoms with E-state index in [4.69, 9.17) is 18.2 Å². The van der Waals surface area contributed by atoms with Crippen molar-refractivity contribution in [3.63, 3.8) is 0 Å². The molecule has 0 aromatic heterocycles. The van der Waals surface area contributed by atoms with Crippen molar-refractivity contribution in [3.8, 4) is 12.3 Å². The average Bonchev–Trinajstić information content (AvgIpc) is 2.05. The first-order valence-electron chi connectivity index (χ1n) is 2.90. The SMILES string of the molecule is C#Cc1cc(NCl)ccc1F. The van der Waals surface area contributed by atoms with E-state index in [1.54, 1.807) is 0 Å². The number of terminal acetylenes is 1. The third kappa shape index (κ3) is 1.63. The van der Waals surface area contributed by atoms with Gasteiger partial charge in [-0.05, 0) is 18.2 Å². The lowest BCUT2D eigenvalue weighted by Gasteiger charge is -1.98. The fourth-order valence-corrected chi connectivity index (χ4v) is 0.812. The summed E-state index contributed by atoms with van der Waals surface area (Å²) in [4.78, 5) is 2.34. The van der Waals surface area contributed by atoms with Crippen LogP contribution in [0.15, 0.2) is 18.2 Å². The Morgan fingerprint density at radius 2 is 2.27 bits per heavy atom. The molecule has 0 aliphatic rings. The van der Waals surface area contributed by atoms with Gasteiger partial charge in [0.15, 0.2) is 0 Å². The maximum Gasteiger partial charge on any atom is 0.138 e. The standard InChI is InChI=1S/C8H5ClFN/c1-2-6-5-7(11-9)3-4-8(6)10/h1,3-5,11H. The van der Waals surface area contributed by atoms with E-state index in [1.807, 2.05) is 0 Å². The molecular formula is C8H5ClFN. The molecule has 0 saturated heterocycles. The number of hydrogen-bond acceptors (Lipinski definition) is 1. The van der Waals surface area contributed by atoms with Crippen molar-refractivity contribution < 1.29 is 4.39 Å². The van der Waals surface area contributed by atoms with Gasteiger partial charge in [0.1, 0.15) is 5.82 Å². The van der Waals surface area contributed by atoms with Gasteiger partial charge in [-0.2, -0.15) is 0 Å². The minimum Gasteiger partial charge on any atom is -0.298 e. The van der Waals surface area contributed by atoms with E-state index in [0.29, 0.717) is 5.69 Å². The van der Waals surface area contributed by atoms with E-state index in [0.717, 1.165) is 0 Å². The van der Waals surface area contributed by atoms with Crippen LogP contribution in [0.2, 0.25) is 0 Å². The second-order valence-electron chi connectivity index (χ2n) is 1.93. The Kier molecular flexibility index (Phi) is 2.35. The van der Waals surface area contributed by atoms with Gasteiger partial charge >= 0.3 is 0 Å². The molecular weight excluding hydrogens is 165 g/mol. The lowest BCUT2D eigenvalue weighted by molar-refractivity contribution is 0.624. The molecule has 1 N–H and O–H groups in total. The Balaban J connectivity index is 3.15. The Labute approximate surface area is 69.3 Å². The first-order chi connectivity index (χ1) is 5.27. The summed E-state index contributed by atoms with van der Waals surface area (Å²) >= 11 is 5.27. The Bertz CT molecular complexity index is 303. The third-order valence-electron chi connectivity index (χ3n) is 1.23. The second-order valence-corrected chi connectivity index (χ2v) is 2.12. The van der Waals surface area contributed by atoms with Crippen LogP contribution < -0.4 is 4.84 Å². The van der Waals surface area contributed by atoms with E-state index in [2.05, 4.69) is 10.8 Å². The van der Waals surface area contributed by atoms with E-state index in [-0.39, 0.29) is 5.56 Å². The molecule has 1 nitrogen and oxygen atoms in total. The smallest absolute Gasteiger partial charge is 0.138 e. The van der Waals surface area contributed by atoms with Crippen molar-refractivity contribution in [2.24, 2.45) is 0 Å². The van der Waals surface area contributed by atoms with Gasteiger partial charge in [0, 0.05) is 11.8 Å². The first-order valence-corrected chi connectivity index (χ1v) is 3.28. The van der Waals surface area contributed by atoms with Gasteiger partial charge in [0.05, 0.1) is 11.3 Å². The fraction of sp³-hybridized carbons (Fsp3) is 0. The summed E-state index contributed by atoms with van der Waals surface area (Å²) in [5, 5.41) is 0. The minimum absolute atomic E-state index is 0.204. The highest BCUT2D eigenvalue weighted by molar-refractivity contribution is 6.23. The van der Waals surface area contributed by atoms with Gasteiger partial charge in [0.2, 0.25) is 0 Å². The molecule has 0 amide bonds. The second kappa shape index (κ2) is 3.27. The largest absolute Gasteiger partial charge is 0.298 e. The zero-order chi connectivity index (χ0) is 8.27. The van der Waals surface area contributed by atoms with E-state index in [9.17, 15) is 4.39 Å². The van der Waals surface area contributed by atoms with Crippen molar-refractivity contribution in [3.05, 3.63) is 29.6 Å². The Morgan fingerprint density at radius 1 is 1.55 bits per heavy atom. The molecule has 0 aliphatic carbocycles. The summed E-state index contributed by atoms with van der Waals surface area (Å²) in [6, 6.07) is 4.23. The molecule has 0 atom stereocenters. The highest BCUT2D eigenvalue weighted by Gasteiger charge is 1.98. The van der Waals surface area contributed by atoms with Crippen molar-refractivity contribution in [1.82, 2.24) is 0 Å². The highest BCUT2D eigenvalue weighted by atomic mass is 35.5. The highest BCUT2D eigenvalue weighted by Crippen LogP contribution is 2.13. The maximum atomic E-state index is 12.7. The summed E-state index contributed by atoms with van der Waals surface area (Å²) in [5.74, 6) is 1.78. The van der Waals surface area contributed by atoms with Gasteiger partial charge in [0.25, 0.3) is 0 Å². The van der Waals surface area contributed by atoms with Crippen LogP contribution in [0, 0.1) is 18.2 Å². The molecule has 0 aliphatic heterocycles. The number of halogens is 2. The molecule has 1 rings (SSSR count). The quantitative estimate of drug-likeness (QED) is 0.503. The monoisotopic (exact) mass is 169 g/mol. The van der Waals surface area contributed by atoms with Crippen LogP contribution >= 0.6 is 11.8 Å². The van der Waals surface area contributed by atoms with Crippen molar-refractivity contribution in [1.29, 1.82) is 0 Å². The van der Waals surface area contributed by atoms with Gasteiger partial charge in [-0.1, -0.05) is 5.92 Å². The molecule has 0 bridgehead atoms. The maximum absolute atomic E-state index is 12.7. The molecule has 0 fully saturated rings. The molecule has 1 aromatic carbocycles. The zero-order valence-electron chi connectivity index (χ0n) is 5.57. The van der Waals surface area contributed by atoms with Gasteiger partial charge in [-0.25, -0.2) is 4.39 Å². The van der Waals surface area contributed by atoms with Crippen LogP contribution in [0.1, 0.15) is 5.56 Å². The number of rotatable bonds is 1. The predicted octanol–water partition coefficient (Wildman–Crippen LogP) is 2.37. The third-order valence-corrected chi connectivity index (χ3v) is 1.45. The van der Waals surface area contributed by atoms with Crippen LogP contribution in [-0.2, 0) is 0 Å². The number of nitrogens with one attached hydrogen (secondary N) is 1. The number of anilines is 1. The molecule has 11 heavy (non-hydrogen) atoms. The summed E-state index contributed by atoms with van der Waals surface area (Å²) in [5.41, 5.74) is 0.789. The van der Waals surface area contributed by atoms with Gasteiger partial charge in [-0.3, -0.25) is 4.84 Å². The van der Waals surface area contributed by atoms with Crippen LogP contribution in [0.5, 0.6) is 0 Å². The van der Waals surface area contributed by atoms with Crippen molar-refractivity contribution in [2.45, 2.75) is 0 Å². The van der Waals surface area contributed by atoms with E-state index < -0.39 is 5.82 Å². The predicted molar refractivity (Wildman–Crippen MR) is 43.8 cm³/mol. The Morgan fingerprint density at radius 3 is 2.82 bits per heavy atom. The summed E-state index contributed by atoms with van der Waals surface area (Å²) in [6.07, 6.45) is 5.01. The average molecular weight is 170 g/mol. The lowest BCUT2D eigenvalue weighted by Crippen LogP contribution is -1.86. The van der Waals surface area contributed by atoms with Gasteiger partial charge < -0.3 is 0 Å². The number of benzene rings is 1. The first kappa shape index (κ1) is 7.90. The van der Waals surface area contributed by atoms with Crippen LogP contribution in [0.25, 0.3) is 0 Å². The molecule has 0 heterocycles. The molecule has 0 spiro atoms. The Hall–Kier alpha value is -1.20. The summed E-state index contributed by atoms with van der Waals surface area (Å²) in [7, 11) is 0. The van der Waals surface area contributed by atoms with E-state index in [1.165, 1.54) is 18.2 Å². The van der Waals surface area contributed by atoms with Crippen LogP contribution in [0.3, 0.4) is 0 Å². The zero-order valence-corrected chi connectivity index (χ0v) is 6.32. The van der Waals surface area contributed by atoms with Crippen LogP contribution in [-0.4, -0.2) is 0 Å². The molecule has 0 radical (unpaired) electrons. The van der Waals surface area contributed by atoms with Crippen molar-refractivity contribution in [2.75, 3.05) is 4.84 Å². The fourth-order valence-electron chi connectivity index (χ4n) is 0.695. The van der Waals surface area contributed by atoms with E-state index >= 15 is 0 Å².